The lowest BCUT2D eigenvalue weighted by molar-refractivity contribution is 0.0788. The van der Waals surface area contributed by atoms with Crippen molar-refractivity contribution < 1.29 is 5.11 Å². The lowest BCUT2D eigenvalue weighted by Crippen LogP contribution is -2.28. The minimum Gasteiger partial charge on any atom is -0.385 e. The summed E-state index contributed by atoms with van der Waals surface area (Å²) in [5.41, 5.74) is 1.91. The van der Waals surface area contributed by atoms with Gasteiger partial charge in [-0.25, -0.2) is 0 Å². The molecule has 0 radical (unpaired) electrons. The summed E-state index contributed by atoms with van der Waals surface area (Å²) >= 11 is 0. The molecule has 0 fully saturated rings. The van der Waals surface area contributed by atoms with Gasteiger partial charge in [0.15, 0.2) is 0 Å². The summed E-state index contributed by atoms with van der Waals surface area (Å²) in [7, 11) is 0. The molecule has 1 aliphatic carbocycles. The first-order chi connectivity index (χ1) is 5.56. The molecule has 1 aliphatic rings. The maximum atomic E-state index is 10.1. The number of aliphatic hydroxyl groups is 1. The van der Waals surface area contributed by atoms with Gasteiger partial charge in [-0.15, -0.1) is 0 Å². The summed E-state index contributed by atoms with van der Waals surface area (Å²) in [6, 6.07) is 0. The van der Waals surface area contributed by atoms with Crippen molar-refractivity contribution >= 4 is 0 Å². The number of allylic oxidation sites excluding steroid dienone is 2. The fourth-order valence-corrected chi connectivity index (χ4v) is 2.03. The molecule has 0 amide bonds. The Bertz CT molecular complexity index is 225. The topological polar surface area (TPSA) is 20.2 Å². The number of rotatable bonds is 2. The average molecular weight is 166 g/mol. The highest BCUT2D eigenvalue weighted by molar-refractivity contribution is 5.30. The molecule has 68 valence electrons. The number of hydrogen-bond acceptors (Lipinski definition) is 1. The van der Waals surface area contributed by atoms with Crippen LogP contribution in [0.1, 0.15) is 40.0 Å². The Labute approximate surface area is 74.8 Å². The fraction of sp³-hybridized carbons (Fsp3) is 0.636. The van der Waals surface area contributed by atoms with Gasteiger partial charge in [0, 0.05) is 6.42 Å². The van der Waals surface area contributed by atoms with Crippen molar-refractivity contribution in [2.75, 3.05) is 0 Å². The molecule has 1 unspecified atom stereocenters. The maximum absolute atomic E-state index is 10.1. The minimum atomic E-state index is -0.558. The van der Waals surface area contributed by atoms with E-state index in [-0.39, 0.29) is 0 Å². The monoisotopic (exact) mass is 166 g/mol. The summed E-state index contributed by atoms with van der Waals surface area (Å²) in [4.78, 5) is 0. The second-order valence-corrected chi connectivity index (χ2v) is 3.91. The first kappa shape index (κ1) is 9.53. The standard InChI is InChI=1S/C11H18O/c1-4-5-11(12)7-9(2)6-10(3)8-11/h6-7,12H,4-5,8H2,1-3H3. The van der Waals surface area contributed by atoms with Gasteiger partial charge >= 0.3 is 0 Å². The van der Waals surface area contributed by atoms with Crippen LogP contribution >= 0.6 is 0 Å². The molecular weight excluding hydrogens is 148 g/mol. The van der Waals surface area contributed by atoms with E-state index in [2.05, 4.69) is 19.9 Å². The van der Waals surface area contributed by atoms with Crippen molar-refractivity contribution in [1.82, 2.24) is 0 Å². The van der Waals surface area contributed by atoms with Crippen LogP contribution in [0.25, 0.3) is 0 Å². The molecule has 0 aromatic heterocycles. The first-order valence-corrected chi connectivity index (χ1v) is 4.65. The van der Waals surface area contributed by atoms with Crippen molar-refractivity contribution in [1.29, 1.82) is 0 Å². The minimum absolute atomic E-state index is 0.558. The molecule has 1 N–H and O–H groups in total. The SMILES string of the molecule is CCCC1(O)C=C(C)C=C(C)C1. The highest BCUT2D eigenvalue weighted by atomic mass is 16.3. The molecule has 12 heavy (non-hydrogen) atoms. The lowest BCUT2D eigenvalue weighted by Gasteiger charge is -2.28. The van der Waals surface area contributed by atoms with E-state index in [4.69, 9.17) is 0 Å². The zero-order valence-corrected chi connectivity index (χ0v) is 8.22. The van der Waals surface area contributed by atoms with Gasteiger partial charge < -0.3 is 5.11 Å². The van der Waals surface area contributed by atoms with Crippen LogP contribution in [-0.2, 0) is 0 Å². The molecule has 0 bridgehead atoms. The number of hydrogen-bond donors (Lipinski definition) is 1. The summed E-state index contributed by atoms with van der Waals surface area (Å²) in [5, 5.41) is 10.1. The van der Waals surface area contributed by atoms with E-state index in [0.29, 0.717) is 0 Å². The van der Waals surface area contributed by atoms with E-state index in [1.165, 1.54) is 11.1 Å². The molecule has 0 aliphatic heterocycles. The Morgan fingerprint density at radius 2 is 2.17 bits per heavy atom. The molecule has 1 rings (SSSR count). The van der Waals surface area contributed by atoms with Crippen molar-refractivity contribution in [3.05, 3.63) is 23.3 Å². The molecule has 0 spiro atoms. The Kier molecular flexibility index (Phi) is 2.73. The average Bonchev–Trinajstić information content (AvgIpc) is 1.82. The Morgan fingerprint density at radius 1 is 1.50 bits per heavy atom. The van der Waals surface area contributed by atoms with E-state index >= 15 is 0 Å². The van der Waals surface area contributed by atoms with Gasteiger partial charge in [-0.3, -0.25) is 0 Å². The third-order valence-corrected chi connectivity index (χ3v) is 2.24. The summed E-state index contributed by atoms with van der Waals surface area (Å²) in [6.45, 7) is 6.23. The molecular formula is C11H18O. The van der Waals surface area contributed by atoms with Gasteiger partial charge in [0.2, 0.25) is 0 Å². The van der Waals surface area contributed by atoms with Crippen LogP contribution < -0.4 is 0 Å². The summed E-state index contributed by atoms with van der Waals surface area (Å²) in [5.74, 6) is 0. The molecule has 0 saturated heterocycles. The Balaban J connectivity index is 2.77. The van der Waals surface area contributed by atoms with Crippen LogP contribution in [0.15, 0.2) is 23.3 Å². The van der Waals surface area contributed by atoms with Crippen molar-refractivity contribution in [3.8, 4) is 0 Å². The quantitative estimate of drug-likeness (QED) is 0.668. The van der Waals surface area contributed by atoms with Gasteiger partial charge in [0.05, 0.1) is 5.60 Å². The van der Waals surface area contributed by atoms with Crippen LogP contribution in [0.5, 0.6) is 0 Å². The van der Waals surface area contributed by atoms with Crippen LogP contribution in [0.2, 0.25) is 0 Å². The Hall–Kier alpha value is -0.560. The van der Waals surface area contributed by atoms with E-state index in [0.717, 1.165) is 19.3 Å². The predicted molar refractivity (Wildman–Crippen MR) is 52.0 cm³/mol. The fourth-order valence-electron chi connectivity index (χ4n) is 2.03. The van der Waals surface area contributed by atoms with Crippen molar-refractivity contribution in [3.63, 3.8) is 0 Å². The molecule has 1 heteroatoms. The molecule has 1 atom stereocenters. The van der Waals surface area contributed by atoms with Crippen molar-refractivity contribution in [2.45, 2.75) is 45.6 Å². The second-order valence-electron chi connectivity index (χ2n) is 3.91. The zero-order valence-electron chi connectivity index (χ0n) is 8.22. The highest BCUT2D eigenvalue weighted by Gasteiger charge is 2.25. The smallest absolute Gasteiger partial charge is 0.0870 e. The van der Waals surface area contributed by atoms with E-state index < -0.39 is 5.60 Å². The van der Waals surface area contributed by atoms with Gasteiger partial charge in [-0.2, -0.15) is 0 Å². The highest BCUT2D eigenvalue weighted by Crippen LogP contribution is 2.29. The van der Waals surface area contributed by atoms with Crippen LogP contribution in [0, 0.1) is 0 Å². The molecule has 0 aromatic carbocycles. The van der Waals surface area contributed by atoms with Crippen LogP contribution in [-0.4, -0.2) is 10.7 Å². The predicted octanol–water partition coefficient (Wildman–Crippen LogP) is 2.81. The summed E-state index contributed by atoms with van der Waals surface area (Å²) in [6.07, 6.45) is 6.84. The third kappa shape index (κ3) is 2.21. The largest absolute Gasteiger partial charge is 0.385 e. The normalized spacial score (nSPS) is 29.7. The van der Waals surface area contributed by atoms with E-state index in [1.54, 1.807) is 0 Å². The molecule has 0 saturated carbocycles. The van der Waals surface area contributed by atoms with Gasteiger partial charge in [0.25, 0.3) is 0 Å². The Morgan fingerprint density at radius 3 is 2.67 bits per heavy atom. The van der Waals surface area contributed by atoms with Crippen molar-refractivity contribution in [2.24, 2.45) is 0 Å². The van der Waals surface area contributed by atoms with Gasteiger partial charge in [0.1, 0.15) is 0 Å². The van der Waals surface area contributed by atoms with Gasteiger partial charge in [-0.1, -0.05) is 30.6 Å². The molecule has 1 nitrogen and oxygen atoms in total. The first-order valence-electron chi connectivity index (χ1n) is 4.65. The van der Waals surface area contributed by atoms with Crippen LogP contribution in [0.3, 0.4) is 0 Å². The molecule has 0 aromatic rings. The second kappa shape index (κ2) is 3.44. The van der Waals surface area contributed by atoms with E-state index in [9.17, 15) is 5.11 Å². The summed E-state index contributed by atoms with van der Waals surface area (Å²) < 4.78 is 0. The van der Waals surface area contributed by atoms with Gasteiger partial charge in [-0.05, 0) is 26.3 Å². The van der Waals surface area contributed by atoms with Crippen LogP contribution in [0.4, 0.5) is 0 Å². The molecule has 0 heterocycles. The lowest BCUT2D eigenvalue weighted by atomic mass is 9.84. The third-order valence-electron chi connectivity index (χ3n) is 2.24. The maximum Gasteiger partial charge on any atom is 0.0870 e. The van der Waals surface area contributed by atoms with E-state index in [1.807, 2.05) is 13.0 Å². The zero-order chi connectivity index (χ0) is 9.19.